The molecule has 1 unspecified atom stereocenters. The summed E-state index contributed by atoms with van der Waals surface area (Å²) in [6.07, 6.45) is 1.05. The molecule has 0 heterocycles. The average molecular weight is 285 g/mol. The molecule has 20 heavy (non-hydrogen) atoms. The molecule has 0 aromatic carbocycles. The molecule has 0 saturated carbocycles. The Bertz CT molecular complexity index is 252. The lowest BCUT2D eigenvalue weighted by molar-refractivity contribution is -0.131. The fraction of sp³-hybridized carbons (Fsp3) is 0.938. The average Bonchev–Trinajstić information content (AvgIpc) is 2.43. The van der Waals surface area contributed by atoms with Crippen LogP contribution in [0.2, 0.25) is 0 Å². The fourth-order valence-corrected chi connectivity index (χ4v) is 2.08. The Morgan fingerprint density at radius 2 is 1.65 bits per heavy atom. The Hall–Kier alpha value is -0.610. The number of nitrogens with one attached hydrogen (secondary N) is 1. The SMILES string of the molecule is CCC(C)NCC(=O)N(CCN(CC)CC)CC(C)C. The van der Waals surface area contributed by atoms with Crippen molar-refractivity contribution in [2.24, 2.45) is 5.92 Å². The first kappa shape index (κ1) is 19.4. The number of carbonyl (C=O) groups is 1. The van der Waals surface area contributed by atoms with Gasteiger partial charge in [0.25, 0.3) is 0 Å². The molecule has 1 amide bonds. The van der Waals surface area contributed by atoms with Crippen LogP contribution in [-0.2, 0) is 4.79 Å². The van der Waals surface area contributed by atoms with Crippen molar-refractivity contribution in [1.82, 2.24) is 15.1 Å². The summed E-state index contributed by atoms with van der Waals surface area (Å²) in [6.45, 7) is 18.1. The molecule has 1 N–H and O–H groups in total. The minimum absolute atomic E-state index is 0.228. The Morgan fingerprint density at radius 3 is 2.10 bits per heavy atom. The van der Waals surface area contributed by atoms with Crippen LogP contribution >= 0.6 is 0 Å². The number of rotatable bonds is 11. The molecule has 4 nitrogen and oxygen atoms in total. The van der Waals surface area contributed by atoms with E-state index in [1.807, 2.05) is 4.90 Å². The highest BCUT2D eigenvalue weighted by molar-refractivity contribution is 5.78. The molecule has 0 aromatic rings. The maximum atomic E-state index is 12.3. The van der Waals surface area contributed by atoms with E-state index in [0.717, 1.165) is 39.1 Å². The molecule has 120 valence electrons. The Labute approximate surface area is 125 Å². The summed E-state index contributed by atoms with van der Waals surface area (Å²) < 4.78 is 0. The highest BCUT2D eigenvalue weighted by Gasteiger charge is 2.16. The van der Waals surface area contributed by atoms with E-state index in [9.17, 15) is 4.79 Å². The van der Waals surface area contributed by atoms with Crippen molar-refractivity contribution in [3.8, 4) is 0 Å². The number of amides is 1. The topological polar surface area (TPSA) is 35.6 Å². The van der Waals surface area contributed by atoms with Gasteiger partial charge in [0, 0.05) is 25.7 Å². The third-order valence-electron chi connectivity index (χ3n) is 3.73. The van der Waals surface area contributed by atoms with Crippen LogP contribution in [0.25, 0.3) is 0 Å². The van der Waals surface area contributed by atoms with E-state index < -0.39 is 0 Å². The van der Waals surface area contributed by atoms with Crippen LogP contribution in [0.1, 0.15) is 48.0 Å². The van der Waals surface area contributed by atoms with E-state index in [1.54, 1.807) is 0 Å². The first-order chi connectivity index (χ1) is 9.44. The normalized spacial score (nSPS) is 13.0. The molecular weight excluding hydrogens is 250 g/mol. The summed E-state index contributed by atoms with van der Waals surface area (Å²) in [4.78, 5) is 16.7. The van der Waals surface area contributed by atoms with E-state index in [2.05, 4.69) is 51.8 Å². The van der Waals surface area contributed by atoms with Gasteiger partial charge in [-0.15, -0.1) is 0 Å². The van der Waals surface area contributed by atoms with Crippen LogP contribution in [0, 0.1) is 5.92 Å². The maximum Gasteiger partial charge on any atom is 0.236 e. The second-order valence-electron chi connectivity index (χ2n) is 5.95. The van der Waals surface area contributed by atoms with Crippen molar-refractivity contribution in [3.63, 3.8) is 0 Å². The van der Waals surface area contributed by atoms with Gasteiger partial charge >= 0.3 is 0 Å². The predicted molar refractivity (Wildman–Crippen MR) is 87.0 cm³/mol. The van der Waals surface area contributed by atoms with Gasteiger partial charge in [0.1, 0.15) is 0 Å². The van der Waals surface area contributed by atoms with Gasteiger partial charge in [-0.25, -0.2) is 0 Å². The molecule has 1 atom stereocenters. The van der Waals surface area contributed by atoms with Crippen LogP contribution in [0.5, 0.6) is 0 Å². The quantitative estimate of drug-likeness (QED) is 0.632. The molecule has 0 radical (unpaired) electrons. The van der Waals surface area contributed by atoms with Crippen molar-refractivity contribution in [3.05, 3.63) is 0 Å². The van der Waals surface area contributed by atoms with Gasteiger partial charge in [-0.3, -0.25) is 4.79 Å². The zero-order valence-electron chi connectivity index (χ0n) is 14.4. The van der Waals surface area contributed by atoms with Gasteiger partial charge in [-0.1, -0.05) is 34.6 Å². The van der Waals surface area contributed by atoms with Crippen LogP contribution in [-0.4, -0.2) is 61.0 Å². The first-order valence-electron chi connectivity index (χ1n) is 8.17. The minimum Gasteiger partial charge on any atom is -0.340 e. The predicted octanol–water partition coefficient (Wildman–Crippen LogP) is 2.20. The van der Waals surface area contributed by atoms with Gasteiger partial charge in [0.2, 0.25) is 5.91 Å². The van der Waals surface area contributed by atoms with Crippen molar-refractivity contribution >= 4 is 5.91 Å². The maximum absolute atomic E-state index is 12.3. The van der Waals surface area contributed by atoms with Crippen LogP contribution in [0.4, 0.5) is 0 Å². The first-order valence-corrected chi connectivity index (χ1v) is 8.17. The summed E-state index contributed by atoms with van der Waals surface area (Å²) in [5.41, 5.74) is 0. The number of hydrogen-bond acceptors (Lipinski definition) is 3. The Morgan fingerprint density at radius 1 is 1.05 bits per heavy atom. The molecule has 0 aromatic heterocycles. The van der Waals surface area contributed by atoms with E-state index in [4.69, 9.17) is 0 Å². The summed E-state index contributed by atoms with van der Waals surface area (Å²) in [7, 11) is 0. The number of likely N-dealkylation sites (N-methyl/N-ethyl adjacent to an activating group) is 1. The Balaban J connectivity index is 4.34. The van der Waals surface area contributed by atoms with Gasteiger partial charge in [-0.2, -0.15) is 0 Å². The molecule has 4 heteroatoms. The standard InChI is InChI=1S/C16H35N3O/c1-7-15(6)17-12-16(20)19(13-14(4)5)11-10-18(8-2)9-3/h14-15,17H,7-13H2,1-6H3. The smallest absolute Gasteiger partial charge is 0.236 e. The number of nitrogens with zero attached hydrogens (tertiary/aromatic N) is 2. The van der Waals surface area contributed by atoms with Crippen molar-refractivity contribution < 1.29 is 4.79 Å². The van der Waals surface area contributed by atoms with Crippen molar-refractivity contribution in [2.75, 3.05) is 39.3 Å². The summed E-state index contributed by atoms with van der Waals surface area (Å²) >= 11 is 0. The largest absolute Gasteiger partial charge is 0.340 e. The van der Waals surface area contributed by atoms with Gasteiger partial charge in [0.05, 0.1) is 6.54 Å². The molecule has 0 aliphatic rings. The lowest BCUT2D eigenvalue weighted by Crippen LogP contribution is -2.45. The van der Waals surface area contributed by atoms with E-state index in [1.165, 1.54) is 0 Å². The van der Waals surface area contributed by atoms with Gasteiger partial charge < -0.3 is 15.1 Å². The molecule has 0 saturated heterocycles. The van der Waals surface area contributed by atoms with Crippen molar-refractivity contribution in [1.29, 1.82) is 0 Å². The zero-order valence-corrected chi connectivity index (χ0v) is 14.4. The van der Waals surface area contributed by atoms with Crippen LogP contribution < -0.4 is 5.32 Å². The zero-order chi connectivity index (χ0) is 15.5. The fourth-order valence-electron chi connectivity index (χ4n) is 2.08. The highest BCUT2D eigenvalue weighted by Crippen LogP contribution is 2.01. The lowest BCUT2D eigenvalue weighted by atomic mass is 10.2. The van der Waals surface area contributed by atoms with E-state index >= 15 is 0 Å². The van der Waals surface area contributed by atoms with E-state index in [-0.39, 0.29) is 5.91 Å². The van der Waals surface area contributed by atoms with Gasteiger partial charge in [0.15, 0.2) is 0 Å². The molecule has 0 aliphatic carbocycles. The molecular formula is C16H35N3O. The number of hydrogen-bond donors (Lipinski definition) is 1. The number of carbonyl (C=O) groups excluding carboxylic acids is 1. The molecule has 0 aliphatic heterocycles. The monoisotopic (exact) mass is 285 g/mol. The van der Waals surface area contributed by atoms with Crippen LogP contribution in [0.3, 0.4) is 0 Å². The third kappa shape index (κ3) is 8.54. The molecule has 0 rings (SSSR count). The third-order valence-corrected chi connectivity index (χ3v) is 3.73. The molecule has 0 spiro atoms. The minimum atomic E-state index is 0.228. The van der Waals surface area contributed by atoms with Crippen LogP contribution in [0.15, 0.2) is 0 Å². The molecule has 0 fully saturated rings. The second-order valence-corrected chi connectivity index (χ2v) is 5.95. The lowest BCUT2D eigenvalue weighted by Gasteiger charge is -2.28. The molecule has 0 bridgehead atoms. The van der Waals surface area contributed by atoms with Gasteiger partial charge in [-0.05, 0) is 32.4 Å². The second kappa shape index (κ2) is 11.1. The summed E-state index contributed by atoms with van der Waals surface area (Å²) in [5, 5.41) is 3.30. The Kier molecular flexibility index (Phi) is 10.8. The van der Waals surface area contributed by atoms with E-state index in [0.29, 0.717) is 18.5 Å². The highest BCUT2D eigenvalue weighted by atomic mass is 16.2. The summed E-state index contributed by atoms with van der Waals surface area (Å²) in [5.74, 6) is 0.741. The summed E-state index contributed by atoms with van der Waals surface area (Å²) in [6, 6.07) is 0.405. The van der Waals surface area contributed by atoms with Crippen molar-refractivity contribution in [2.45, 2.75) is 54.0 Å².